The predicted octanol–water partition coefficient (Wildman–Crippen LogP) is 4.00. The minimum absolute atomic E-state index is 0.105. The minimum Gasteiger partial charge on any atom is -0.496 e. The van der Waals surface area contributed by atoms with Crippen LogP contribution in [0.25, 0.3) is 0 Å². The number of rotatable bonds is 5. The van der Waals surface area contributed by atoms with Gasteiger partial charge in [-0.05, 0) is 43.3 Å². The summed E-state index contributed by atoms with van der Waals surface area (Å²) < 4.78 is 5.53. The Morgan fingerprint density at radius 3 is 2.65 bits per heavy atom. The van der Waals surface area contributed by atoms with E-state index in [0.717, 1.165) is 35.6 Å². The first kappa shape index (κ1) is 15.8. The smallest absolute Gasteiger partial charge is 0.124 e. The summed E-state index contributed by atoms with van der Waals surface area (Å²) in [6.45, 7) is 0.603. The van der Waals surface area contributed by atoms with Crippen molar-refractivity contribution in [3.05, 3.63) is 59.1 Å². The maximum atomic E-state index is 6.01. The molecule has 120 valence electrons. The fourth-order valence-corrected chi connectivity index (χ4v) is 3.03. The Labute approximate surface area is 141 Å². The molecule has 0 saturated heterocycles. The van der Waals surface area contributed by atoms with Crippen molar-refractivity contribution in [2.75, 3.05) is 18.7 Å². The van der Waals surface area contributed by atoms with Gasteiger partial charge in [-0.25, -0.2) is 0 Å². The topological polar surface area (TPSA) is 50.9 Å². The summed E-state index contributed by atoms with van der Waals surface area (Å²) in [4.78, 5) is 0. The van der Waals surface area contributed by atoms with Crippen LogP contribution in [0.1, 0.15) is 24.4 Å². The highest BCUT2D eigenvalue weighted by atomic mass is 35.5. The summed E-state index contributed by atoms with van der Waals surface area (Å²) in [6.07, 6.45) is 1.65. The quantitative estimate of drug-likeness (QED) is 0.901. The van der Waals surface area contributed by atoms with Gasteiger partial charge in [0.15, 0.2) is 0 Å². The molecule has 3 rings (SSSR count). The van der Waals surface area contributed by atoms with Crippen LogP contribution in [0.4, 0.5) is 5.69 Å². The first-order valence-electron chi connectivity index (χ1n) is 7.67. The van der Waals surface area contributed by atoms with Gasteiger partial charge in [0.05, 0.1) is 18.8 Å². The van der Waals surface area contributed by atoms with Gasteiger partial charge in [0.2, 0.25) is 0 Å². The van der Waals surface area contributed by atoms with Crippen LogP contribution < -0.4 is 15.5 Å². The second-order valence-electron chi connectivity index (χ2n) is 5.49. The molecular formula is C18H20ClN3O. The van der Waals surface area contributed by atoms with Gasteiger partial charge in [0, 0.05) is 22.7 Å². The van der Waals surface area contributed by atoms with E-state index in [2.05, 4.69) is 6.07 Å². The van der Waals surface area contributed by atoms with Crippen LogP contribution in [-0.4, -0.2) is 19.4 Å². The highest BCUT2D eigenvalue weighted by Crippen LogP contribution is 2.39. The molecule has 1 atom stereocenters. The average Bonchev–Trinajstić information content (AvgIpc) is 2.99. The Hall–Kier alpha value is -2.04. The number of hydrogen-bond acceptors (Lipinski definition) is 4. The molecule has 0 fully saturated rings. The molecule has 0 aromatic heterocycles. The van der Waals surface area contributed by atoms with Gasteiger partial charge in [-0.1, -0.05) is 29.8 Å². The van der Waals surface area contributed by atoms with E-state index in [1.54, 1.807) is 7.11 Å². The van der Waals surface area contributed by atoms with E-state index in [-0.39, 0.29) is 6.04 Å². The summed E-state index contributed by atoms with van der Waals surface area (Å²) in [5, 5.41) is 7.54. The lowest BCUT2D eigenvalue weighted by atomic mass is 9.99. The number of methoxy groups -OCH3 is 1. The third-order valence-electron chi connectivity index (χ3n) is 4.00. The third kappa shape index (κ3) is 3.33. The lowest BCUT2D eigenvalue weighted by Crippen LogP contribution is -2.19. The number of halogens is 1. The van der Waals surface area contributed by atoms with E-state index in [9.17, 15) is 0 Å². The second kappa shape index (κ2) is 7.02. The van der Waals surface area contributed by atoms with Crippen LogP contribution in [0.5, 0.6) is 5.75 Å². The van der Waals surface area contributed by atoms with E-state index in [1.807, 2.05) is 47.5 Å². The van der Waals surface area contributed by atoms with E-state index in [0.29, 0.717) is 11.6 Å². The first-order valence-corrected chi connectivity index (χ1v) is 8.05. The number of benzene rings is 2. The summed E-state index contributed by atoms with van der Waals surface area (Å²) in [6, 6.07) is 15.9. The molecule has 0 amide bonds. The number of hydrazone groups is 1. The third-order valence-corrected chi connectivity index (χ3v) is 4.25. The Morgan fingerprint density at radius 2 is 1.96 bits per heavy atom. The fraction of sp³-hybridized carbons (Fsp3) is 0.278. The van der Waals surface area contributed by atoms with Gasteiger partial charge in [0.25, 0.3) is 0 Å². The Kier molecular flexibility index (Phi) is 4.84. The van der Waals surface area contributed by atoms with Gasteiger partial charge in [-0.2, -0.15) is 5.10 Å². The van der Waals surface area contributed by atoms with E-state index >= 15 is 0 Å². The molecule has 2 aromatic carbocycles. The number of ether oxygens (including phenoxy) is 1. The van der Waals surface area contributed by atoms with Gasteiger partial charge < -0.3 is 10.5 Å². The monoisotopic (exact) mass is 329 g/mol. The summed E-state index contributed by atoms with van der Waals surface area (Å²) >= 11 is 6.01. The molecule has 2 N–H and O–H groups in total. The molecule has 2 aromatic rings. The van der Waals surface area contributed by atoms with Crippen LogP contribution in [0.2, 0.25) is 5.02 Å². The van der Waals surface area contributed by atoms with Crippen molar-refractivity contribution in [2.24, 2.45) is 10.8 Å². The molecule has 0 aliphatic carbocycles. The van der Waals surface area contributed by atoms with Crippen LogP contribution in [-0.2, 0) is 0 Å². The molecule has 0 bridgehead atoms. The van der Waals surface area contributed by atoms with E-state index < -0.39 is 0 Å². The van der Waals surface area contributed by atoms with Crippen molar-refractivity contribution in [3.63, 3.8) is 0 Å². The molecule has 1 unspecified atom stereocenters. The maximum Gasteiger partial charge on any atom is 0.124 e. The second-order valence-corrected chi connectivity index (χ2v) is 5.92. The normalized spacial score (nSPS) is 17.3. The molecule has 23 heavy (non-hydrogen) atoms. The number of nitrogens with two attached hydrogens (primary N) is 1. The number of hydrogen-bond donors (Lipinski definition) is 1. The van der Waals surface area contributed by atoms with Crippen molar-refractivity contribution in [1.29, 1.82) is 0 Å². The zero-order valence-corrected chi connectivity index (χ0v) is 13.8. The standard InChI is InChI=1S/C18H20ClN3O/c1-23-18-5-3-2-4-16(18)17-12-14(10-11-20)21-22(17)15-8-6-13(19)7-9-15/h2-9,17H,10-12,20H2,1H3. The number of anilines is 1. The summed E-state index contributed by atoms with van der Waals surface area (Å²) in [7, 11) is 1.70. The molecule has 1 heterocycles. The van der Waals surface area contributed by atoms with E-state index in [4.69, 9.17) is 27.2 Å². The molecule has 0 radical (unpaired) electrons. The zero-order chi connectivity index (χ0) is 16.2. The highest BCUT2D eigenvalue weighted by Gasteiger charge is 2.30. The van der Waals surface area contributed by atoms with Crippen molar-refractivity contribution >= 4 is 23.0 Å². The van der Waals surface area contributed by atoms with Crippen LogP contribution in [0.15, 0.2) is 53.6 Å². The van der Waals surface area contributed by atoms with Gasteiger partial charge in [0.1, 0.15) is 5.75 Å². The predicted molar refractivity (Wildman–Crippen MR) is 95.4 cm³/mol. The number of nitrogens with zero attached hydrogens (tertiary/aromatic N) is 2. The lowest BCUT2D eigenvalue weighted by molar-refractivity contribution is 0.405. The van der Waals surface area contributed by atoms with Gasteiger partial charge in [-0.3, -0.25) is 5.01 Å². The molecular weight excluding hydrogens is 310 g/mol. The molecule has 4 nitrogen and oxygen atoms in total. The molecule has 1 aliphatic rings. The minimum atomic E-state index is 0.105. The Balaban J connectivity index is 1.99. The van der Waals surface area contributed by atoms with E-state index in [1.165, 1.54) is 0 Å². The van der Waals surface area contributed by atoms with Gasteiger partial charge >= 0.3 is 0 Å². The van der Waals surface area contributed by atoms with Gasteiger partial charge in [-0.15, -0.1) is 0 Å². The van der Waals surface area contributed by atoms with Crippen LogP contribution in [0.3, 0.4) is 0 Å². The molecule has 5 heteroatoms. The zero-order valence-electron chi connectivity index (χ0n) is 13.1. The largest absolute Gasteiger partial charge is 0.496 e. The van der Waals surface area contributed by atoms with Crippen molar-refractivity contribution in [1.82, 2.24) is 0 Å². The van der Waals surface area contributed by atoms with Crippen molar-refractivity contribution in [2.45, 2.75) is 18.9 Å². The lowest BCUT2D eigenvalue weighted by Gasteiger charge is -2.25. The molecule has 0 spiro atoms. The molecule has 1 aliphatic heterocycles. The SMILES string of the molecule is COc1ccccc1C1CC(CCN)=NN1c1ccc(Cl)cc1. The summed E-state index contributed by atoms with van der Waals surface area (Å²) in [5.41, 5.74) is 8.96. The van der Waals surface area contributed by atoms with Crippen molar-refractivity contribution < 1.29 is 4.74 Å². The Bertz CT molecular complexity index is 700. The number of para-hydroxylation sites is 1. The average molecular weight is 330 g/mol. The molecule has 0 saturated carbocycles. The fourth-order valence-electron chi connectivity index (χ4n) is 2.91. The van der Waals surface area contributed by atoms with Crippen LogP contribution in [0, 0.1) is 0 Å². The first-order chi connectivity index (χ1) is 11.2. The van der Waals surface area contributed by atoms with Crippen molar-refractivity contribution in [3.8, 4) is 5.75 Å². The highest BCUT2D eigenvalue weighted by molar-refractivity contribution is 6.30. The maximum absolute atomic E-state index is 6.01. The Morgan fingerprint density at radius 1 is 1.22 bits per heavy atom. The van der Waals surface area contributed by atoms with Crippen LogP contribution >= 0.6 is 11.6 Å². The summed E-state index contributed by atoms with van der Waals surface area (Å²) in [5.74, 6) is 0.876.